The average molecular weight is 310 g/mol. The van der Waals surface area contributed by atoms with Gasteiger partial charge in [-0.3, -0.25) is 9.78 Å². The first-order valence-corrected chi connectivity index (χ1v) is 7.84. The molecule has 1 aliphatic heterocycles. The number of rotatable bonds is 2. The highest BCUT2D eigenvalue weighted by atomic mass is 16.3. The summed E-state index contributed by atoms with van der Waals surface area (Å²) in [7, 11) is 0. The van der Waals surface area contributed by atoms with Gasteiger partial charge < -0.3 is 13.7 Å². The lowest BCUT2D eigenvalue weighted by Crippen LogP contribution is -2.38. The van der Waals surface area contributed by atoms with Crippen LogP contribution in [0, 0.1) is 6.92 Å². The van der Waals surface area contributed by atoms with Gasteiger partial charge in [0.1, 0.15) is 0 Å². The quantitative estimate of drug-likeness (QED) is 0.730. The number of aryl methyl sites for hydroxylation is 1. The molecule has 6 nitrogen and oxygen atoms in total. The third kappa shape index (κ3) is 2.50. The first-order chi connectivity index (χ1) is 11.2. The lowest BCUT2D eigenvalue weighted by atomic mass is 9.93. The predicted molar refractivity (Wildman–Crippen MR) is 84.3 cm³/mol. The zero-order valence-corrected chi connectivity index (χ0v) is 13.0. The molecule has 0 bridgehead atoms. The average Bonchev–Trinajstić information content (AvgIpc) is 3.26. The maximum absolute atomic E-state index is 12.3. The number of amides is 1. The van der Waals surface area contributed by atoms with Gasteiger partial charge in [-0.05, 0) is 31.9 Å². The van der Waals surface area contributed by atoms with Crippen molar-refractivity contribution in [2.45, 2.75) is 25.7 Å². The number of fused-ring (bicyclic) bond motifs is 1. The smallest absolute Gasteiger partial charge is 0.291 e. The lowest BCUT2D eigenvalue weighted by molar-refractivity contribution is 0.0680. The van der Waals surface area contributed by atoms with Crippen LogP contribution in [0.5, 0.6) is 0 Å². The Morgan fingerprint density at radius 1 is 1.35 bits per heavy atom. The van der Waals surface area contributed by atoms with E-state index in [0.717, 1.165) is 29.7 Å². The van der Waals surface area contributed by atoms with Crippen LogP contribution in [-0.2, 0) is 0 Å². The maximum atomic E-state index is 12.3. The van der Waals surface area contributed by atoms with Crippen LogP contribution in [0.15, 0.2) is 41.5 Å². The molecule has 0 spiro atoms. The number of carbonyl (C=O) groups excluding carboxylic acids is 1. The van der Waals surface area contributed by atoms with E-state index in [1.165, 1.54) is 12.6 Å². The number of oxazole rings is 1. The summed E-state index contributed by atoms with van der Waals surface area (Å²) in [6.07, 6.45) is 8.76. The van der Waals surface area contributed by atoms with Crippen LogP contribution in [0.25, 0.3) is 5.52 Å². The molecule has 1 saturated heterocycles. The molecule has 118 valence electrons. The molecule has 0 saturated carbocycles. The summed E-state index contributed by atoms with van der Waals surface area (Å²) in [5, 5.41) is 0. The molecule has 0 aromatic carbocycles. The zero-order chi connectivity index (χ0) is 15.8. The molecule has 3 aromatic rings. The number of hydrogen-bond donors (Lipinski definition) is 0. The van der Waals surface area contributed by atoms with Crippen LogP contribution in [0.4, 0.5) is 0 Å². The van der Waals surface area contributed by atoms with Crippen molar-refractivity contribution in [2.75, 3.05) is 13.1 Å². The number of piperidine rings is 1. The molecule has 0 aliphatic carbocycles. The molecule has 0 unspecified atom stereocenters. The molecule has 0 N–H and O–H groups in total. The fourth-order valence-corrected chi connectivity index (χ4v) is 3.29. The predicted octanol–water partition coefficient (Wildman–Crippen LogP) is 2.65. The van der Waals surface area contributed by atoms with E-state index < -0.39 is 0 Å². The van der Waals surface area contributed by atoms with Gasteiger partial charge in [-0.15, -0.1) is 0 Å². The Labute approximate surface area is 133 Å². The monoisotopic (exact) mass is 310 g/mol. The topological polar surface area (TPSA) is 63.6 Å². The Kier molecular flexibility index (Phi) is 3.37. The molecule has 23 heavy (non-hydrogen) atoms. The van der Waals surface area contributed by atoms with Crippen LogP contribution in [-0.4, -0.2) is 38.3 Å². The van der Waals surface area contributed by atoms with Crippen LogP contribution >= 0.6 is 0 Å². The van der Waals surface area contributed by atoms with Crippen LogP contribution in [0.2, 0.25) is 0 Å². The van der Waals surface area contributed by atoms with E-state index >= 15 is 0 Å². The van der Waals surface area contributed by atoms with E-state index in [0.29, 0.717) is 24.8 Å². The van der Waals surface area contributed by atoms with Gasteiger partial charge in [-0.2, -0.15) is 0 Å². The van der Waals surface area contributed by atoms with Crippen molar-refractivity contribution in [2.24, 2.45) is 0 Å². The van der Waals surface area contributed by atoms with Crippen LogP contribution in [0.3, 0.4) is 0 Å². The van der Waals surface area contributed by atoms with Gasteiger partial charge >= 0.3 is 0 Å². The molecule has 1 amide bonds. The highest BCUT2D eigenvalue weighted by Gasteiger charge is 2.27. The highest BCUT2D eigenvalue weighted by molar-refractivity contribution is 5.91. The van der Waals surface area contributed by atoms with Gasteiger partial charge in [0.15, 0.2) is 6.39 Å². The lowest BCUT2D eigenvalue weighted by Gasteiger charge is -2.31. The van der Waals surface area contributed by atoms with Gasteiger partial charge in [0.05, 0.1) is 23.1 Å². The third-order valence-corrected chi connectivity index (χ3v) is 4.56. The fraction of sp³-hybridized carbons (Fsp3) is 0.353. The van der Waals surface area contributed by atoms with Crippen molar-refractivity contribution in [1.82, 2.24) is 19.3 Å². The van der Waals surface area contributed by atoms with Crippen molar-refractivity contribution in [1.29, 1.82) is 0 Å². The molecule has 0 radical (unpaired) electrons. The number of hydrogen-bond acceptors (Lipinski definition) is 4. The van der Waals surface area contributed by atoms with E-state index in [4.69, 9.17) is 9.40 Å². The summed E-state index contributed by atoms with van der Waals surface area (Å²) in [6, 6.07) is 4.11. The normalized spacial score (nSPS) is 16.1. The molecule has 4 heterocycles. The van der Waals surface area contributed by atoms with Gasteiger partial charge in [0.25, 0.3) is 5.91 Å². The van der Waals surface area contributed by atoms with Crippen molar-refractivity contribution in [3.05, 3.63) is 54.3 Å². The minimum atomic E-state index is -0.0778. The summed E-state index contributed by atoms with van der Waals surface area (Å²) < 4.78 is 7.23. The SMILES string of the molecule is Cc1nc(C2CCN(C(=O)c3cnco3)CC2)cn2cccc12. The molecule has 0 atom stereocenters. The summed E-state index contributed by atoms with van der Waals surface area (Å²) >= 11 is 0. The second kappa shape index (κ2) is 5.53. The van der Waals surface area contributed by atoms with E-state index in [9.17, 15) is 4.79 Å². The number of carbonyl (C=O) groups is 1. The van der Waals surface area contributed by atoms with Gasteiger partial charge in [0, 0.05) is 31.4 Å². The molecule has 3 aromatic heterocycles. The standard InChI is InChI=1S/C17H18N4O2/c1-12-15-3-2-6-21(15)10-14(19-12)13-4-7-20(8-5-13)17(22)16-9-18-11-23-16/h2-3,6,9-11,13H,4-5,7-8H2,1H3. The second-order valence-electron chi connectivity index (χ2n) is 5.98. The van der Waals surface area contributed by atoms with E-state index in [1.807, 2.05) is 17.9 Å². The molecule has 1 fully saturated rings. The van der Waals surface area contributed by atoms with Gasteiger partial charge in [-0.25, -0.2) is 4.98 Å². The van der Waals surface area contributed by atoms with Crippen LogP contribution < -0.4 is 0 Å². The molecule has 1 aliphatic rings. The second-order valence-corrected chi connectivity index (χ2v) is 5.98. The highest BCUT2D eigenvalue weighted by Crippen LogP contribution is 2.28. The Morgan fingerprint density at radius 2 is 2.17 bits per heavy atom. The van der Waals surface area contributed by atoms with Crippen LogP contribution in [0.1, 0.15) is 40.7 Å². The molecular formula is C17H18N4O2. The van der Waals surface area contributed by atoms with Crippen molar-refractivity contribution < 1.29 is 9.21 Å². The first-order valence-electron chi connectivity index (χ1n) is 7.84. The van der Waals surface area contributed by atoms with Crippen molar-refractivity contribution in [3.8, 4) is 0 Å². The third-order valence-electron chi connectivity index (χ3n) is 4.56. The Balaban J connectivity index is 1.49. The zero-order valence-electron chi connectivity index (χ0n) is 13.0. The van der Waals surface area contributed by atoms with Gasteiger partial charge in [0.2, 0.25) is 5.76 Å². The van der Waals surface area contributed by atoms with Gasteiger partial charge in [-0.1, -0.05) is 0 Å². The Morgan fingerprint density at radius 3 is 2.91 bits per heavy atom. The molecule has 6 heteroatoms. The number of aromatic nitrogens is 3. The molecular weight excluding hydrogens is 292 g/mol. The summed E-state index contributed by atoms with van der Waals surface area (Å²) in [6.45, 7) is 3.48. The van der Waals surface area contributed by atoms with E-state index in [1.54, 1.807) is 0 Å². The van der Waals surface area contributed by atoms with E-state index in [-0.39, 0.29) is 5.91 Å². The Bertz CT molecular complexity index is 830. The minimum Gasteiger partial charge on any atom is -0.438 e. The summed E-state index contributed by atoms with van der Waals surface area (Å²) in [5.74, 6) is 0.622. The van der Waals surface area contributed by atoms with E-state index in [2.05, 4.69) is 27.8 Å². The van der Waals surface area contributed by atoms with Crippen molar-refractivity contribution >= 4 is 11.4 Å². The van der Waals surface area contributed by atoms with Crippen molar-refractivity contribution in [3.63, 3.8) is 0 Å². The number of nitrogens with zero attached hydrogens (tertiary/aromatic N) is 4. The Hall–Kier alpha value is -2.63. The largest absolute Gasteiger partial charge is 0.438 e. The molecule has 4 rings (SSSR count). The minimum absolute atomic E-state index is 0.0778. The summed E-state index contributed by atoms with van der Waals surface area (Å²) in [4.78, 5) is 22.7. The first kappa shape index (κ1) is 14.0. The maximum Gasteiger partial charge on any atom is 0.291 e. The number of likely N-dealkylation sites (tertiary alicyclic amines) is 1. The fourth-order valence-electron chi connectivity index (χ4n) is 3.29. The summed E-state index contributed by atoms with van der Waals surface area (Å²) in [5.41, 5.74) is 3.30.